The number of nitrogen functional groups attached to an aromatic ring is 1. The maximum atomic E-state index is 8.87. The third-order valence-corrected chi connectivity index (χ3v) is 3.50. The van der Waals surface area contributed by atoms with Gasteiger partial charge in [-0.3, -0.25) is 4.98 Å². The molecule has 15 heavy (non-hydrogen) atoms. The molecular formula is C11H9N3S. The maximum Gasteiger partial charge on any atom is 0.128 e. The standard InChI is InChI=1S/C11H9N3S/c1-7-10(13)9(6-12)15-11(7)8-2-4-14-5-3-8/h2-5H,13H2,1H3. The van der Waals surface area contributed by atoms with Crippen molar-refractivity contribution in [3.63, 3.8) is 0 Å². The summed E-state index contributed by atoms with van der Waals surface area (Å²) in [6, 6.07) is 5.94. The molecule has 0 aliphatic carbocycles. The second-order valence-electron chi connectivity index (χ2n) is 3.15. The first-order valence-electron chi connectivity index (χ1n) is 4.43. The zero-order valence-electron chi connectivity index (χ0n) is 8.19. The Labute approximate surface area is 91.8 Å². The van der Waals surface area contributed by atoms with E-state index in [9.17, 15) is 0 Å². The minimum atomic E-state index is 0.583. The highest BCUT2D eigenvalue weighted by Crippen LogP contribution is 2.37. The molecule has 0 atom stereocenters. The molecule has 0 aliphatic rings. The summed E-state index contributed by atoms with van der Waals surface area (Å²) in [5.41, 5.74) is 8.45. The summed E-state index contributed by atoms with van der Waals surface area (Å²) >= 11 is 1.43. The van der Waals surface area contributed by atoms with E-state index in [-0.39, 0.29) is 0 Å². The van der Waals surface area contributed by atoms with E-state index in [1.807, 2.05) is 19.1 Å². The van der Waals surface area contributed by atoms with Crippen molar-refractivity contribution in [1.29, 1.82) is 5.26 Å². The molecule has 2 rings (SSSR count). The Morgan fingerprint density at radius 1 is 1.40 bits per heavy atom. The van der Waals surface area contributed by atoms with E-state index in [4.69, 9.17) is 11.0 Å². The summed E-state index contributed by atoms with van der Waals surface area (Å²) in [6.07, 6.45) is 3.47. The predicted molar refractivity (Wildman–Crippen MR) is 61.4 cm³/mol. The number of anilines is 1. The molecule has 0 amide bonds. The van der Waals surface area contributed by atoms with Crippen LogP contribution in [0.4, 0.5) is 5.69 Å². The normalized spacial score (nSPS) is 9.87. The summed E-state index contributed by atoms with van der Waals surface area (Å²) in [5.74, 6) is 0. The van der Waals surface area contributed by atoms with Crippen molar-refractivity contribution in [2.75, 3.05) is 5.73 Å². The molecule has 74 valence electrons. The van der Waals surface area contributed by atoms with Gasteiger partial charge in [0, 0.05) is 17.3 Å². The van der Waals surface area contributed by atoms with Crippen LogP contribution >= 0.6 is 11.3 Å². The molecule has 0 spiro atoms. The molecule has 0 saturated carbocycles. The van der Waals surface area contributed by atoms with E-state index in [1.54, 1.807) is 12.4 Å². The first-order chi connectivity index (χ1) is 7.24. The van der Waals surface area contributed by atoms with Gasteiger partial charge in [-0.2, -0.15) is 5.26 Å². The number of aromatic nitrogens is 1. The van der Waals surface area contributed by atoms with Gasteiger partial charge in [0.1, 0.15) is 10.9 Å². The summed E-state index contributed by atoms with van der Waals surface area (Å²) in [6.45, 7) is 1.93. The van der Waals surface area contributed by atoms with E-state index in [0.29, 0.717) is 10.6 Å². The van der Waals surface area contributed by atoms with Gasteiger partial charge in [-0.25, -0.2) is 0 Å². The highest BCUT2D eigenvalue weighted by Gasteiger charge is 2.12. The van der Waals surface area contributed by atoms with Crippen molar-refractivity contribution in [1.82, 2.24) is 4.98 Å². The van der Waals surface area contributed by atoms with Crippen molar-refractivity contribution in [2.45, 2.75) is 6.92 Å². The number of pyridine rings is 1. The Hall–Kier alpha value is -1.86. The number of thiophene rings is 1. The Bertz CT molecular complexity index is 523. The van der Waals surface area contributed by atoms with Gasteiger partial charge in [-0.1, -0.05) is 0 Å². The van der Waals surface area contributed by atoms with Crippen molar-refractivity contribution >= 4 is 17.0 Å². The van der Waals surface area contributed by atoms with Crippen LogP contribution in [0.5, 0.6) is 0 Å². The van der Waals surface area contributed by atoms with Crippen LogP contribution in [0.3, 0.4) is 0 Å². The molecule has 4 heteroatoms. The minimum Gasteiger partial charge on any atom is -0.397 e. The van der Waals surface area contributed by atoms with E-state index in [1.165, 1.54) is 11.3 Å². The summed E-state index contributed by atoms with van der Waals surface area (Å²) < 4.78 is 0. The Morgan fingerprint density at radius 2 is 2.07 bits per heavy atom. The fraction of sp³-hybridized carbons (Fsp3) is 0.0909. The van der Waals surface area contributed by atoms with E-state index >= 15 is 0 Å². The number of hydrogen-bond donors (Lipinski definition) is 1. The molecule has 0 bridgehead atoms. The highest BCUT2D eigenvalue weighted by molar-refractivity contribution is 7.16. The fourth-order valence-corrected chi connectivity index (χ4v) is 2.42. The van der Waals surface area contributed by atoms with Crippen molar-refractivity contribution in [2.24, 2.45) is 0 Å². The molecule has 0 saturated heterocycles. The molecule has 0 fully saturated rings. The van der Waals surface area contributed by atoms with Crippen molar-refractivity contribution in [3.05, 3.63) is 35.0 Å². The van der Waals surface area contributed by atoms with Crippen LogP contribution in [0.25, 0.3) is 10.4 Å². The van der Waals surface area contributed by atoms with Crippen molar-refractivity contribution in [3.8, 4) is 16.5 Å². The predicted octanol–water partition coefficient (Wildman–Crippen LogP) is 2.57. The van der Waals surface area contributed by atoms with Crippen LogP contribution in [0.2, 0.25) is 0 Å². The molecule has 0 aliphatic heterocycles. The quantitative estimate of drug-likeness (QED) is 0.795. The summed E-state index contributed by atoms with van der Waals surface area (Å²) in [5, 5.41) is 8.87. The average Bonchev–Trinajstić information content (AvgIpc) is 2.57. The number of nitriles is 1. The SMILES string of the molecule is Cc1c(-c2ccncc2)sc(C#N)c1N. The number of rotatable bonds is 1. The topological polar surface area (TPSA) is 62.7 Å². The smallest absolute Gasteiger partial charge is 0.128 e. The van der Waals surface area contributed by atoms with Crippen LogP contribution in [-0.2, 0) is 0 Å². The van der Waals surface area contributed by atoms with Crippen LogP contribution in [0.15, 0.2) is 24.5 Å². The third kappa shape index (κ3) is 1.58. The van der Waals surface area contributed by atoms with E-state index in [2.05, 4.69) is 11.1 Å². The minimum absolute atomic E-state index is 0.583. The van der Waals surface area contributed by atoms with Gasteiger partial charge in [-0.05, 0) is 30.2 Å². The molecule has 2 N–H and O–H groups in total. The van der Waals surface area contributed by atoms with Crippen LogP contribution in [0, 0.1) is 18.3 Å². The molecule has 0 aromatic carbocycles. The van der Waals surface area contributed by atoms with Crippen molar-refractivity contribution < 1.29 is 0 Å². The monoisotopic (exact) mass is 215 g/mol. The second-order valence-corrected chi connectivity index (χ2v) is 4.17. The molecule has 0 radical (unpaired) electrons. The molecular weight excluding hydrogens is 206 g/mol. The van der Waals surface area contributed by atoms with Crippen LogP contribution in [0.1, 0.15) is 10.4 Å². The van der Waals surface area contributed by atoms with Gasteiger partial charge in [0.05, 0.1) is 5.69 Å². The first-order valence-corrected chi connectivity index (χ1v) is 5.25. The van der Waals surface area contributed by atoms with Gasteiger partial charge in [0.25, 0.3) is 0 Å². The lowest BCUT2D eigenvalue weighted by atomic mass is 10.1. The molecule has 0 unspecified atom stereocenters. The highest BCUT2D eigenvalue weighted by atomic mass is 32.1. The third-order valence-electron chi connectivity index (χ3n) is 2.24. The van der Waals surface area contributed by atoms with Gasteiger partial charge in [-0.15, -0.1) is 11.3 Å². The number of nitrogens with zero attached hydrogens (tertiary/aromatic N) is 2. The molecule has 3 nitrogen and oxygen atoms in total. The average molecular weight is 215 g/mol. The number of hydrogen-bond acceptors (Lipinski definition) is 4. The maximum absolute atomic E-state index is 8.87. The largest absolute Gasteiger partial charge is 0.397 e. The Balaban J connectivity index is 2.61. The van der Waals surface area contributed by atoms with Crippen LogP contribution < -0.4 is 5.73 Å². The molecule has 2 heterocycles. The van der Waals surface area contributed by atoms with Gasteiger partial charge < -0.3 is 5.73 Å². The Morgan fingerprint density at radius 3 is 2.60 bits per heavy atom. The van der Waals surface area contributed by atoms with E-state index in [0.717, 1.165) is 16.0 Å². The lowest BCUT2D eigenvalue weighted by Gasteiger charge is -1.98. The van der Waals surface area contributed by atoms with Crippen LogP contribution in [-0.4, -0.2) is 4.98 Å². The Kier molecular flexibility index (Phi) is 2.40. The second kappa shape index (κ2) is 3.71. The lowest BCUT2D eigenvalue weighted by molar-refractivity contribution is 1.33. The fourth-order valence-electron chi connectivity index (χ4n) is 1.39. The summed E-state index contributed by atoms with van der Waals surface area (Å²) in [4.78, 5) is 5.59. The van der Waals surface area contributed by atoms with Gasteiger partial charge >= 0.3 is 0 Å². The first kappa shape index (κ1) is 9.69. The summed E-state index contributed by atoms with van der Waals surface area (Å²) in [7, 11) is 0. The van der Waals surface area contributed by atoms with E-state index < -0.39 is 0 Å². The van der Waals surface area contributed by atoms with Gasteiger partial charge in [0.15, 0.2) is 0 Å². The molecule has 2 aromatic rings. The number of nitrogens with two attached hydrogens (primary N) is 1. The lowest BCUT2D eigenvalue weighted by Crippen LogP contribution is -1.87. The zero-order chi connectivity index (χ0) is 10.8. The zero-order valence-corrected chi connectivity index (χ0v) is 9.01. The molecule has 2 aromatic heterocycles. The van der Waals surface area contributed by atoms with Gasteiger partial charge in [0.2, 0.25) is 0 Å².